The highest BCUT2D eigenvalue weighted by molar-refractivity contribution is 7.80. The van der Waals surface area contributed by atoms with Crippen molar-refractivity contribution in [1.82, 2.24) is 4.90 Å². The molecule has 0 bridgehead atoms. The molecule has 0 N–H and O–H groups in total. The van der Waals surface area contributed by atoms with E-state index >= 15 is 0 Å². The van der Waals surface area contributed by atoms with Crippen LogP contribution >= 0.6 is 12.2 Å². The molecular weight excluding hydrogens is 366 g/mol. The number of hydrogen-bond donors (Lipinski definition) is 0. The lowest BCUT2D eigenvalue weighted by molar-refractivity contribution is -0.143. The molecular formula is C24H25NO2S. The summed E-state index contributed by atoms with van der Waals surface area (Å²) in [4.78, 5) is 15.1. The molecule has 28 heavy (non-hydrogen) atoms. The van der Waals surface area contributed by atoms with Crippen molar-refractivity contribution in [1.29, 1.82) is 0 Å². The second-order valence-electron chi connectivity index (χ2n) is 7.12. The minimum Gasteiger partial charge on any atom is -0.466 e. The van der Waals surface area contributed by atoms with Gasteiger partial charge >= 0.3 is 5.97 Å². The van der Waals surface area contributed by atoms with Gasteiger partial charge in [0.05, 0.1) is 23.9 Å². The van der Waals surface area contributed by atoms with Crippen LogP contribution in [0.2, 0.25) is 0 Å². The Kier molecular flexibility index (Phi) is 6.49. The molecule has 0 radical (unpaired) electrons. The van der Waals surface area contributed by atoms with E-state index in [-0.39, 0.29) is 23.7 Å². The van der Waals surface area contributed by atoms with Gasteiger partial charge in [-0.05, 0) is 30.2 Å². The first kappa shape index (κ1) is 20.1. The molecule has 0 aliphatic heterocycles. The summed E-state index contributed by atoms with van der Waals surface area (Å²) >= 11 is 5.79. The molecule has 1 aliphatic rings. The fraction of sp³-hybridized carbons (Fsp3) is 0.333. The number of ether oxygens (including phenoxy) is 1. The molecule has 0 spiro atoms. The van der Waals surface area contributed by atoms with E-state index in [2.05, 4.69) is 24.0 Å². The summed E-state index contributed by atoms with van der Waals surface area (Å²) in [5, 5.41) is 0. The fourth-order valence-corrected chi connectivity index (χ4v) is 4.15. The molecule has 2 aromatic rings. The Morgan fingerprint density at radius 3 is 2.36 bits per heavy atom. The number of nitrogens with zero attached hydrogens (tertiary/aromatic N) is 1. The molecule has 0 saturated heterocycles. The van der Waals surface area contributed by atoms with Crippen molar-refractivity contribution in [3.05, 3.63) is 71.3 Å². The fourth-order valence-electron chi connectivity index (χ4n) is 3.85. The average molecular weight is 392 g/mol. The highest BCUT2D eigenvalue weighted by atomic mass is 32.1. The Bertz CT molecular complexity index is 911. The van der Waals surface area contributed by atoms with E-state index < -0.39 is 0 Å². The van der Waals surface area contributed by atoms with Gasteiger partial charge in [-0.3, -0.25) is 4.79 Å². The van der Waals surface area contributed by atoms with Gasteiger partial charge in [-0.15, -0.1) is 0 Å². The summed E-state index contributed by atoms with van der Waals surface area (Å²) in [5.74, 6) is 6.46. The Morgan fingerprint density at radius 2 is 1.71 bits per heavy atom. The van der Waals surface area contributed by atoms with Gasteiger partial charge < -0.3 is 9.64 Å². The van der Waals surface area contributed by atoms with E-state index in [4.69, 9.17) is 17.0 Å². The molecule has 0 amide bonds. The number of rotatable bonds is 4. The van der Waals surface area contributed by atoms with Crippen LogP contribution in [0.25, 0.3) is 0 Å². The minimum absolute atomic E-state index is 0.0276. The molecule has 0 saturated carbocycles. The van der Waals surface area contributed by atoms with Crippen LogP contribution in [-0.4, -0.2) is 36.6 Å². The first-order valence-corrected chi connectivity index (χ1v) is 9.96. The maximum Gasteiger partial charge on any atom is 0.306 e. The quantitative estimate of drug-likeness (QED) is 0.440. The zero-order chi connectivity index (χ0) is 20.1. The highest BCUT2D eigenvalue weighted by Crippen LogP contribution is 2.49. The molecule has 1 aliphatic carbocycles. The highest BCUT2D eigenvalue weighted by Gasteiger charge is 2.43. The Hall–Kier alpha value is -2.64. The van der Waals surface area contributed by atoms with Gasteiger partial charge in [-0.2, -0.15) is 0 Å². The topological polar surface area (TPSA) is 29.5 Å². The Balaban J connectivity index is 2.04. The first-order chi connectivity index (χ1) is 13.5. The van der Waals surface area contributed by atoms with E-state index in [1.165, 1.54) is 0 Å². The summed E-state index contributed by atoms with van der Waals surface area (Å²) in [6.45, 7) is 2.21. The van der Waals surface area contributed by atoms with Crippen molar-refractivity contribution in [3.8, 4) is 11.8 Å². The van der Waals surface area contributed by atoms with Gasteiger partial charge in [0.2, 0.25) is 0 Å². The van der Waals surface area contributed by atoms with Crippen molar-refractivity contribution in [3.63, 3.8) is 0 Å². The minimum atomic E-state index is -0.189. The third kappa shape index (κ3) is 4.26. The molecule has 144 valence electrons. The zero-order valence-electron chi connectivity index (χ0n) is 16.5. The first-order valence-electron chi connectivity index (χ1n) is 9.55. The number of fused-ring (bicyclic) bond motifs is 1. The number of esters is 1. The Labute approximate surface area is 172 Å². The van der Waals surface area contributed by atoms with Gasteiger partial charge in [0.1, 0.15) is 0 Å². The molecule has 0 unspecified atom stereocenters. The lowest BCUT2D eigenvalue weighted by Crippen LogP contribution is -2.33. The largest absolute Gasteiger partial charge is 0.466 e. The number of benzene rings is 2. The van der Waals surface area contributed by atoms with Gasteiger partial charge in [0, 0.05) is 31.5 Å². The molecule has 2 aromatic carbocycles. The Morgan fingerprint density at radius 1 is 1.07 bits per heavy atom. The lowest BCUT2D eigenvalue weighted by atomic mass is 9.84. The molecule has 0 aromatic heterocycles. The van der Waals surface area contributed by atoms with Crippen molar-refractivity contribution in [2.24, 2.45) is 5.92 Å². The van der Waals surface area contributed by atoms with Crippen LogP contribution in [0.4, 0.5) is 0 Å². The molecule has 0 heterocycles. The van der Waals surface area contributed by atoms with E-state index in [9.17, 15) is 4.79 Å². The average Bonchev–Trinajstić information content (AvgIpc) is 3.00. The van der Waals surface area contributed by atoms with Crippen LogP contribution in [0.1, 0.15) is 41.9 Å². The zero-order valence-corrected chi connectivity index (χ0v) is 17.3. The third-order valence-corrected chi connectivity index (χ3v) is 5.72. The number of carbonyl (C=O) groups is 1. The predicted molar refractivity (Wildman–Crippen MR) is 116 cm³/mol. The SMILES string of the molecule is CCOC(=O)C[C@H]1c2ccccc2[C@@H](C#Cc2ccccc2)[C@@H]1C(=S)N(C)C. The molecule has 3 nitrogen and oxygen atoms in total. The smallest absolute Gasteiger partial charge is 0.306 e. The molecule has 3 rings (SSSR count). The number of carbonyl (C=O) groups excluding carboxylic acids is 1. The van der Waals surface area contributed by atoms with E-state index in [1.54, 1.807) is 0 Å². The second-order valence-corrected chi connectivity index (χ2v) is 7.53. The van der Waals surface area contributed by atoms with Crippen molar-refractivity contribution >= 4 is 23.2 Å². The van der Waals surface area contributed by atoms with E-state index in [0.29, 0.717) is 13.0 Å². The van der Waals surface area contributed by atoms with Crippen molar-refractivity contribution in [2.75, 3.05) is 20.7 Å². The van der Waals surface area contributed by atoms with Gasteiger partial charge in [-0.25, -0.2) is 0 Å². The number of thiocarbonyl (C=S) groups is 1. The van der Waals surface area contributed by atoms with E-state index in [0.717, 1.165) is 21.7 Å². The normalized spacial score (nSPS) is 19.9. The van der Waals surface area contributed by atoms with Crippen molar-refractivity contribution < 1.29 is 9.53 Å². The van der Waals surface area contributed by atoms with Crippen LogP contribution in [0.5, 0.6) is 0 Å². The molecule has 3 atom stereocenters. The third-order valence-electron chi connectivity index (χ3n) is 5.09. The molecule has 4 heteroatoms. The lowest BCUT2D eigenvalue weighted by Gasteiger charge is -2.27. The van der Waals surface area contributed by atoms with Crippen LogP contribution in [0.3, 0.4) is 0 Å². The maximum atomic E-state index is 12.3. The second kappa shape index (κ2) is 9.03. The summed E-state index contributed by atoms with van der Waals surface area (Å²) in [6, 6.07) is 18.2. The predicted octanol–water partition coefficient (Wildman–Crippen LogP) is 4.38. The summed E-state index contributed by atoms with van der Waals surface area (Å²) in [5.41, 5.74) is 3.29. The van der Waals surface area contributed by atoms with Gasteiger partial charge in [0.25, 0.3) is 0 Å². The molecule has 0 fully saturated rings. The summed E-state index contributed by atoms with van der Waals surface area (Å²) in [6.07, 6.45) is 0.313. The van der Waals surface area contributed by atoms with E-state index in [1.807, 2.05) is 68.4 Å². The van der Waals surface area contributed by atoms with Crippen molar-refractivity contribution in [2.45, 2.75) is 25.2 Å². The monoisotopic (exact) mass is 391 g/mol. The van der Waals surface area contributed by atoms with Crippen LogP contribution < -0.4 is 0 Å². The van der Waals surface area contributed by atoms with Crippen LogP contribution in [0, 0.1) is 17.8 Å². The van der Waals surface area contributed by atoms with Crippen LogP contribution in [0.15, 0.2) is 54.6 Å². The summed E-state index contributed by atoms with van der Waals surface area (Å²) < 4.78 is 5.24. The summed E-state index contributed by atoms with van der Waals surface area (Å²) in [7, 11) is 3.91. The van der Waals surface area contributed by atoms with Gasteiger partial charge in [0.15, 0.2) is 0 Å². The standard InChI is InChI=1S/C24H25NO2S/c1-4-27-22(26)16-21-19-13-9-8-12-18(19)20(23(21)24(28)25(2)3)15-14-17-10-6-5-7-11-17/h5-13,20-21,23H,4,16H2,1-3H3/t20-,21+,23+/m1/s1. The van der Waals surface area contributed by atoms with Crippen LogP contribution in [-0.2, 0) is 9.53 Å². The van der Waals surface area contributed by atoms with Gasteiger partial charge in [-0.1, -0.05) is 66.5 Å². The maximum absolute atomic E-state index is 12.3. The number of hydrogen-bond acceptors (Lipinski definition) is 3.